The van der Waals surface area contributed by atoms with Crippen LogP contribution in [0.4, 0.5) is 0 Å². The number of fused-ring (bicyclic) bond motifs is 1. The molecule has 2 aliphatic heterocycles. The van der Waals surface area contributed by atoms with E-state index in [1.807, 2.05) is 0 Å². The molecule has 0 aromatic carbocycles. The van der Waals surface area contributed by atoms with Gasteiger partial charge < -0.3 is 9.47 Å². The monoisotopic (exact) mass is 142 g/mol. The first-order valence-corrected chi connectivity index (χ1v) is 4.02. The zero-order valence-electron chi connectivity index (χ0n) is 6.54. The summed E-state index contributed by atoms with van der Waals surface area (Å²) in [6, 6.07) is 0. The molecule has 0 aliphatic carbocycles. The van der Waals surface area contributed by atoms with E-state index in [2.05, 4.69) is 13.8 Å². The molecule has 2 saturated heterocycles. The van der Waals surface area contributed by atoms with Crippen LogP contribution in [0.5, 0.6) is 0 Å². The molecule has 58 valence electrons. The summed E-state index contributed by atoms with van der Waals surface area (Å²) >= 11 is 0. The van der Waals surface area contributed by atoms with Crippen molar-refractivity contribution in [1.29, 1.82) is 0 Å². The van der Waals surface area contributed by atoms with Crippen molar-refractivity contribution in [3.05, 3.63) is 0 Å². The van der Waals surface area contributed by atoms with Crippen LogP contribution in [0.3, 0.4) is 0 Å². The van der Waals surface area contributed by atoms with Gasteiger partial charge in [0.1, 0.15) is 0 Å². The van der Waals surface area contributed by atoms with E-state index in [9.17, 15) is 0 Å². The van der Waals surface area contributed by atoms with Crippen LogP contribution < -0.4 is 0 Å². The van der Waals surface area contributed by atoms with Gasteiger partial charge in [0.25, 0.3) is 0 Å². The number of hydrogen-bond donors (Lipinski definition) is 0. The van der Waals surface area contributed by atoms with Crippen LogP contribution in [0.25, 0.3) is 0 Å². The fourth-order valence-corrected chi connectivity index (χ4v) is 1.88. The van der Waals surface area contributed by atoms with Crippen LogP contribution in [0.1, 0.15) is 13.8 Å². The Bertz CT molecular complexity index is 119. The van der Waals surface area contributed by atoms with E-state index in [4.69, 9.17) is 9.47 Å². The second kappa shape index (κ2) is 2.21. The Labute approximate surface area is 61.5 Å². The van der Waals surface area contributed by atoms with E-state index < -0.39 is 0 Å². The summed E-state index contributed by atoms with van der Waals surface area (Å²) in [6.07, 6.45) is 0.796. The summed E-state index contributed by atoms with van der Waals surface area (Å²) in [5, 5.41) is 0. The fourth-order valence-electron chi connectivity index (χ4n) is 1.88. The lowest BCUT2D eigenvalue weighted by molar-refractivity contribution is 0.0627. The molecule has 10 heavy (non-hydrogen) atoms. The summed E-state index contributed by atoms with van der Waals surface area (Å²) in [6.45, 7) is 6.17. The maximum Gasteiger partial charge on any atom is 0.0887 e. The lowest BCUT2D eigenvalue weighted by Crippen LogP contribution is -2.23. The van der Waals surface area contributed by atoms with E-state index in [0.717, 1.165) is 13.2 Å². The van der Waals surface area contributed by atoms with Gasteiger partial charge in [-0.3, -0.25) is 0 Å². The van der Waals surface area contributed by atoms with Gasteiger partial charge in [0, 0.05) is 11.8 Å². The minimum Gasteiger partial charge on any atom is -0.375 e. The Balaban J connectivity index is 2.09. The zero-order valence-corrected chi connectivity index (χ0v) is 6.54. The highest BCUT2D eigenvalue weighted by Crippen LogP contribution is 2.33. The molecule has 0 amide bonds. The van der Waals surface area contributed by atoms with Gasteiger partial charge in [-0.05, 0) is 0 Å². The first-order chi connectivity index (χ1) is 4.79. The molecular weight excluding hydrogens is 128 g/mol. The van der Waals surface area contributed by atoms with E-state index in [1.165, 1.54) is 0 Å². The Hall–Kier alpha value is -0.0800. The van der Waals surface area contributed by atoms with Crippen LogP contribution in [-0.4, -0.2) is 25.4 Å². The lowest BCUT2D eigenvalue weighted by Gasteiger charge is -2.10. The molecule has 2 fully saturated rings. The van der Waals surface area contributed by atoms with Gasteiger partial charge in [-0.15, -0.1) is 0 Å². The molecule has 2 rings (SSSR count). The molecule has 2 nitrogen and oxygen atoms in total. The second-order valence-electron chi connectivity index (χ2n) is 3.55. The fraction of sp³-hybridized carbons (Fsp3) is 1.00. The molecule has 0 bridgehead atoms. The van der Waals surface area contributed by atoms with Gasteiger partial charge in [0.2, 0.25) is 0 Å². The van der Waals surface area contributed by atoms with E-state index in [0.29, 0.717) is 24.0 Å². The van der Waals surface area contributed by atoms with Crippen LogP contribution in [-0.2, 0) is 9.47 Å². The van der Waals surface area contributed by atoms with Gasteiger partial charge in [-0.25, -0.2) is 0 Å². The van der Waals surface area contributed by atoms with Crippen molar-refractivity contribution in [3.8, 4) is 0 Å². The molecule has 0 radical (unpaired) electrons. The predicted molar refractivity (Wildman–Crippen MR) is 37.8 cm³/mol. The number of rotatable bonds is 0. The first kappa shape index (κ1) is 6.62. The zero-order chi connectivity index (χ0) is 7.14. The maximum atomic E-state index is 5.58. The summed E-state index contributed by atoms with van der Waals surface area (Å²) < 4.78 is 11.2. The van der Waals surface area contributed by atoms with Crippen LogP contribution >= 0.6 is 0 Å². The summed E-state index contributed by atoms with van der Waals surface area (Å²) in [5.74, 6) is 1.21. The molecule has 0 unspecified atom stereocenters. The number of hydrogen-bond acceptors (Lipinski definition) is 2. The Morgan fingerprint density at radius 3 is 1.70 bits per heavy atom. The summed E-state index contributed by atoms with van der Waals surface area (Å²) in [4.78, 5) is 0. The average molecular weight is 142 g/mol. The third-order valence-electron chi connectivity index (χ3n) is 2.55. The SMILES string of the molecule is C[C@@H]1CO[C@H]2[C@@H]1OC[C@@H]2C. The highest BCUT2D eigenvalue weighted by atomic mass is 16.6. The third kappa shape index (κ3) is 0.789. The normalized spacial score (nSPS) is 53.4. The Morgan fingerprint density at radius 2 is 1.30 bits per heavy atom. The van der Waals surface area contributed by atoms with Gasteiger partial charge >= 0.3 is 0 Å². The molecule has 0 aromatic heterocycles. The molecule has 0 aromatic rings. The lowest BCUT2D eigenvalue weighted by atomic mass is 9.99. The van der Waals surface area contributed by atoms with E-state index in [1.54, 1.807) is 0 Å². The molecular formula is C8H14O2. The van der Waals surface area contributed by atoms with Crippen LogP contribution in [0.2, 0.25) is 0 Å². The van der Waals surface area contributed by atoms with Crippen molar-refractivity contribution in [1.82, 2.24) is 0 Å². The van der Waals surface area contributed by atoms with Crippen molar-refractivity contribution in [3.63, 3.8) is 0 Å². The highest BCUT2D eigenvalue weighted by Gasteiger charge is 2.43. The second-order valence-corrected chi connectivity index (χ2v) is 3.55. The molecule has 4 atom stereocenters. The summed E-state index contributed by atoms with van der Waals surface area (Å²) in [5.41, 5.74) is 0. The summed E-state index contributed by atoms with van der Waals surface area (Å²) in [7, 11) is 0. The molecule has 2 heteroatoms. The van der Waals surface area contributed by atoms with Gasteiger partial charge in [-0.2, -0.15) is 0 Å². The molecule has 0 spiro atoms. The van der Waals surface area contributed by atoms with Gasteiger partial charge in [0.15, 0.2) is 0 Å². The predicted octanol–water partition coefficient (Wildman–Crippen LogP) is 1.06. The Kier molecular flexibility index (Phi) is 1.46. The molecule has 0 saturated carbocycles. The smallest absolute Gasteiger partial charge is 0.0887 e. The molecule has 2 heterocycles. The third-order valence-corrected chi connectivity index (χ3v) is 2.55. The maximum absolute atomic E-state index is 5.58. The van der Waals surface area contributed by atoms with Crippen molar-refractivity contribution in [2.24, 2.45) is 11.8 Å². The van der Waals surface area contributed by atoms with Crippen molar-refractivity contribution in [2.75, 3.05) is 13.2 Å². The highest BCUT2D eigenvalue weighted by molar-refractivity contribution is 4.90. The minimum absolute atomic E-state index is 0.398. The standard InChI is InChI=1S/C8H14O2/c1-5-3-9-8-6(2)4-10-7(5)8/h5-8H,3-4H2,1-2H3/t5-,6+,7-,8-/m1/s1. The Morgan fingerprint density at radius 1 is 0.900 bits per heavy atom. The van der Waals surface area contributed by atoms with Crippen molar-refractivity contribution < 1.29 is 9.47 Å². The van der Waals surface area contributed by atoms with Gasteiger partial charge in [0.05, 0.1) is 25.4 Å². The van der Waals surface area contributed by atoms with Crippen LogP contribution in [0, 0.1) is 11.8 Å². The largest absolute Gasteiger partial charge is 0.375 e. The van der Waals surface area contributed by atoms with Crippen molar-refractivity contribution in [2.45, 2.75) is 26.1 Å². The average Bonchev–Trinajstić information content (AvgIpc) is 2.41. The minimum atomic E-state index is 0.398. The van der Waals surface area contributed by atoms with Crippen LogP contribution in [0.15, 0.2) is 0 Å². The van der Waals surface area contributed by atoms with Crippen molar-refractivity contribution >= 4 is 0 Å². The quantitative estimate of drug-likeness (QED) is 0.503. The van der Waals surface area contributed by atoms with E-state index in [-0.39, 0.29) is 0 Å². The number of ether oxygens (including phenoxy) is 2. The topological polar surface area (TPSA) is 18.5 Å². The van der Waals surface area contributed by atoms with E-state index >= 15 is 0 Å². The van der Waals surface area contributed by atoms with Gasteiger partial charge in [-0.1, -0.05) is 13.8 Å². The molecule has 2 aliphatic rings. The first-order valence-electron chi connectivity index (χ1n) is 4.02. The molecule has 0 N–H and O–H groups in total.